The van der Waals surface area contributed by atoms with Crippen LogP contribution in [0.1, 0.15) is 11.5 Å². The smallest absolute Gasteiger partial charge is 0.246 e. The van der Waals surface area contributed by atoms with E-state index < -0.39 is 0 Å². The summed E-state index contributed by atoms with van der Waals surface area (Å²) in [5.74, 6) is 2.64. The Balaban J connectivity index is 2.06. The van der Waals surface area contributed by atoms with E-state index in [-0.39, 0.29) is 0 Å². The van der Waals surface area contributed by atoms with Crippen LogP contribution < -0.4 is 10.6 Å². The van der Waals surface area contributed by atoms with Crippen LogP contribution in [0.25, 0.3) is 0 Å². The highest BCUT2D eigenvalue weighted by Crippen LogP contribution is 2.12. The number of aryl methyl sites for hydroxylation is 1. The molecule has 15 heavy (non-hydrogen) atoms. The summed E-state index contributed by atoms with van der Waals surface area (Å²) in [5, 5.41) is 6.53. The predicted molar refractivity (Wildman–Crippen MR) is 56.3 cm³/mol. The molecule has 2 aromatic heterocycles. The zero-order valence-corrected chi connectivity index (χ0v) is 8.69. The summed E-state index contributed by atoms with van der Waals surface area (Å²) in [4.78, 5) is 5.86. The summed E-state index contributed by atoms with van der Waals surface area (Å²) in [6.07, 6.45) is 0. The maximum absolute atomic E-state index is 5.44. The maximum atomic E-state index is 5.44. The number of nitrogens with zero attached hydrogens (tertiary/aromatic N) is 3. The molecule has 0 atom stereocenters. The van der Waals surface area contributed by atoms with Crippen LogP contribution in [0, 0.1) is 6.92 Å². The Morgan fingerprint density at radius 1 is 1.53 bits per heavy atom. The molecule has 6 heteroatoms. The molecular weight excluding hydrogens is 194 g/mol. The first-order valence-corrected chi connectivity index (χ1v) is 4.59. The number of nitrogen functional groups attached to an aromatic ring is 1. The molecule has 0 unspecified atom stereocenters. The lowest BCUT2D eigenvalue weighted by Gasteiger charge is -2.11. The highest BCUT2D eigenvalue weighted by Gasteiger charge is 2.09. The fraction of sp³-hybridized carbons (Fsp3) is 0.333. The molecule has 0 amide bonds. The average molecular weight is 207 g/mol. The third kappa shape index (κ3) is 2.09. The van der Waals surface area contributed by atoms with Gasteiger partial charge in [0.05, 0.1) is 6.54 Å². The van der Waals surface area contributed by atoms with E-state index in [2.05, 4.69) is 15.2 Å². The van der Waals surface area contributed by atoms with Gasteiger partial charge in [0.25, 0.3) is 0 Å². The van der Waals surface area contributed by atoms with E-state index in [0.29, 0.717) is 18.4 Å². The number of rotatable bonds is 3. The average Bonchev–Trinajstić information content (AvgIpc) is 2.75. The molecule has 2 aromatic rings. The van der Waals surface area contributed by atoms with Gasteiger partial charge in [0.1, 0.15) is 11.5 Å². The van der Waals surface area contributed by atoms with Crippen molar-refractivity contribution < 1.29 is 4.42 Å². The first-order chi connectivity index (χ1) is 7.15. The molecule has 3 N–H and O–H groups in total. The standard InChI is InChI=1S/C9H13N5O/c1-6-3-4-7(15-6)5-14(2)9-11-8(10)12-13-9/h3-4H,5H2,1-2H3,(H3,10,11,12,13). The van der Waals surface area contributed by atoms with Crippen molar-refractivity contribution in [3.05, 3.63) is 23.7 Å². The van der Waals surface area contributed by atoms with Crippen LogP contribution in [0.15, 0.2) is 16.5 Å². The van der Waals surface area contributed by atoms with Gasteiger partial charge in [-0.3, -0.25) is 0 Å². The van der Waals surface area contributed by atoms with Crippen molar-refractivity contribution in [2.75, 3.05) is 17.7 Å². The second-order valence-corrected chi connectivity index (χ2v) is 3.39. The topological polar surface area (TPSA) is 84.0 Å². The third-order valence-corrected chi connectivity index (χ3v) is 2.02. The van der Waals surface area contributed by atoms with Crippen molar-refractivity contribution in [2.24, 2.45) is 0 Å². The van der Waals surface area contributed by atoms with Gasteiger partial charge in [0.15, 0.2) is 0 Å². The zero-order chi connectivity index (χ0) is 10.8. The normalized spacial score (nSPS) is 10.5. The Hall–Kier alpha value is -1.98. The number of nitrogens with one attached hydrogen (secondary N) is 1. The highest BCUT2D eigenvalue weighted by molar-refractivity contribution is 5.33. The molecule has 0 saturated carbocycles. The summed E-state index contributed by atoms with van der Waals surface area (Å²) < 4.78 is 5.44. The van der Waals surface area contributed by atoms with Crippen LogP contribution in [0.2, 0.25) is 0 Å². The van der Waals surface area contributed by atoms with Gasteiger partial charge in [-0.15, -0.1) is 5.10 Å². The SMILES string of the molecule is Cc1ccc(CN(C)c2n[nH]c(N)n2)o1. The monoisotopic (exact) mass is 207 g/mol. The molecule has 0 aliphatic carbocycles. The van der Waals surface area contributed by atoms with E-state index in [1.165, 1.54) is 0 Å². The van der Waals surface area contributed by atoms with Gasteiger partial charge in [0, 0.05) is 7.05 Å². The van der Waals surface area contributed by atoms with Gasteiger partial charge in [0.2, 0.25) is 11.9 Å². The number of aromatic amines is 1. The molecule has 80 valence electrons. The Morgan fingerprint density at radius 2 is 2.33 bits per heavy atom. The lowest BCUT2D eigenvalue weighted by atomic mass is 10.4. The van der Waals surface area contributed by atoms with Crippen molar-refractivity contribution >= 4 is 11.9 Å². The largest absolute Gasteiger partial charge is 0.464 e. The van der Waals surface area contributed by atoms with Crippen molar-refractivity contribution in [2.45, 2.75) is 13.5 Å². The van der Waals surface area contributed by atoms with E-state index in [0.717, 1.165) is 11.5 Å². The van der Waals surface area contributed by atoms with Crippen LogP contribution in [0.3, 0.4) is 0 Å². The van der Waals surface area contributed by atoms with E-state index >= 15 is 0 Å². The minimum Gasteiger partial charge on any atom is -0.464 e. The highest BCUT2D eigenvalue weighted by atomic mass is 16.3. The van der Waals surface area contributed by atoms with Crippen molar-refractivity contribution in [1.82, 2.24) is 15.2 Å². The van der Waals surface area contributed by atoms with Gasteiger partial charge in [-0.05, 0) is 19.1 Å². The number of aromatic nitrogens is 3. The molecule has 0 aliphatic heterocycles. The van der Waals surface area contributed by atoms with E-state index in [4.69, 9.17) is 10.2 Å². The molecule has 0 bridgehead atoms. The van der Waals surface area contributed by atoms with Gasteiger partial charge in [-0.2, -0.15) is 4.98 Å². The van der Waals surface area contributed by atoms with Gasteiger partial charge < -0.3 is 15.1 Å². The predicted octanol–water partition coefficient (Wildman–Crippen LogP) is 0.925. The van der Waals surface area contributed by atoms with Gasteiger partial charge >= 0.3 is 0 Å². The lowest BCUT2D eigenvalue weighted by Crippen LogP contribution is -2.17. The second kappa shape index (κ2) is 3.64. The molecule has 2 rings (SSSR count). The van der Waals surface area contributed by atoms with E-state index in [9.17, 15) is 0 Å². The molecule has 2 heterocycles. The lowest BCUT2D eigenvalue weighted by molar-refractivity contribution is 0.480. The minimum absolute atomic E-state index is 0.312. The quantitative estimate of drug-likeness (QED) is 0.782. The van der Waals surface area contributed by atoms with Gasteiger partial charge in [-0.25, -0.2) is 5.10 Å². The van der Waals surface area contributed by atoms with Crippen LogP contribution in [0.5, 0.6) is 0 Å². The summed E-state index contributed by atoms with van der Waals surface area (Å²) in [6.45, 7) is 2.53. The number of anilines is 2. The van der Waals surface area contributed by atoms with Crippen LogP contribution >= 0.6 is 0 Å². The number of hydrogen-bond acceptors (Lipinski definition) is 5. The summed E-state index contributed by atoms with van der Waals surface area (Å²) >= 11 is 0. The number of hydrogen-bond donors (Lipinski definition) is 2. The number of furan rings is 1. The Kier molecular flexibility index (Phi) is 2.32. The third-order valence-electron chi connectivity index (χ3n) is 2.02. The second-order valence-electron chi connectivity index (χ2n) is 3.39. The molecule has 0 fully saturated rings. The molecule has 0 aliphatic rings. The first kappa shape index (κ1) is 9.57. The van der Waals surface area contributed by atoms with Crippen molar-refractivity contribution in [3.8, 4) is 0 Å². The fourth-order valence-corrected chi connectivity index (χ4v) is 1.31. The minimum atomic E-state index is 0.312. The van der Waals surface area contributed by atoms with E-state index in [1.807, 2.05) is 31.0 Å². The molecular formula is C9H13N5O. The van der Waals surface area contributed by atoms with Crippen LogP contribution in [-0.2, 0) is 6.54 Å². The maximum Gasteiger partial charge on any atom is 0.246 e. The van der Waals surface area contributed by atoms with Crippen molar-refractivity contribution in [1.29, 1.82) is 0 Å². The van der Waals surface area contributed by atoms with E-state index in [1.54, 1.807) is 0 Å². The summed E-state index contributed by atoms with van der Waals surface area (Å²) in [6, 6.07) is 3.86. The molecule has 0 radical (unpaired) electrons. The first-order valence-electron chi connectivity index (χ1n) is 4.59. The van der Waals surface area contributed by atoms with Crippen LogP contribution in [-0.4, -0.2) is 22.2 Å². The van der Waals surface area contributed by atoms with Crippen molar-refractivity contribution in [3.63, 3.8) is 0 Å². The molecule has 0 aromatic carbocycles. The number of H-pyrrole nitrogens is 1. The van der Waals surface area contributed by atoms with Gasteiger partial charge in [-0.1, -0.05) is 0 Å². The molecule has 0 spiro atoms. The number of nitrogens with two attached hydrogens (primary N) is 1. The van der Waals surface area contributed by atoms with Crippen LogP contribution in [0.4, 0.5) is 11.9 Å². The summed E-state index contributed by atoms with van der Waals surface area (Å²) in [7, 11) is 1.88. The fourth-order valence-electron chi connectivity index (χ4n) is 1.31. The Morgan fingerprint density at radius 3 is 2.87 bits per heavy atom. The summed E-state index contributed by atoms with van der Waals surface area (Å²) in [5.41, 5.74) is 5.43. The molecule has 6 nitrogen and oxygen atoms in total. The molecule has 0 saturated heterocycles. The Labute approximate surface area is 87.1 Å². The Bertz CT molecular complexity index is 447. The zero-order valence-electron chi connectivity index (χ0n) is 8.69.